The summed E-state index contributed by atoms with van der Waals surface area (Å²) in [5.74, 6) is 0.0824. The summed E-state index contributed by atoms with van der Waals surface area (Å²) in [6.45, 7) is 2.57. The SMILES string of the molecule is CCOc1cc(/C=C2\C(=O)NC(=S)N(C)C2=O)cc(I)c1OCc1ccccc1Cl. The molecular formula is C21H18ClIN2O4S. The molecule has 0 spiro atoms. The van der Waals surface area contributed by atoms with Crippen LogP contribution in [-0.4, -0.2) is 35.5 Å². The summed E-state index contributed by atoms with van der Waals surface area (Å²) in [6.07, 6.45) is 1.51. The van der Waals surface area contributed by atoms with E-state index in [1.165, 1.54) is 18.0 Å². The topological polar surface area (TPSA) is 67.9 Å². The van der Waals surface area contributed by atoms with Gasteiger partial charge in [-0.15, -0.1) is 0 Å². The van der Waals surface area contributed by atoms with E-state index in [4.69, 9.17) is 33.3 Å². The van der Waals surface area contributed by atoms with Crippen LogP contribution in [0.3, 0.4) is 0 Å². The summed E-state index contributed by atoms with van der Waals surface area (Å²) in [5, 5.41) is 3.20. The summed E-state index contributed by atoms with van der Waals surface area (Å²) in [6, 6.07) is 11.0. The Hall–Kier alpha value is -2.17. The average molecular weight is 557 g/mol. The van der Waals surface area contributed by atoms with Gasteiger partial charge in [-0.25, -0.2) is 0 Å². The van der Waals surface area contributed by atoms with Gasteiger partial charge in [0, 0.05) is 17.6 Å². The number of benzene rings is 2. The second-order valence-electron chi connectivity index (χ2n) is 6.32. The fraction of sp³-hybridized carbons (Fsp3) is 0.190. The van der Waals surface area contributed by atoms with E-state index in [9.17, 15) is 9.59 Å². The van der Waals surface area contributed by atoms with E-state index in [0.717, 1.165) is 9.13 Å². The first-order valence-electron chi connectivity index (χ1n) is 8.99. The van der Waals surface area contributed by atoms with Crippen molar-refractivity contribution in [3.8, 4) is 11.5 Å². The third-order valence-corrected chi connectivity index (χ3v) is 5.82. The van der Waals surface area contributed by atoms with Crippen LogP contribution in [-0.2, 0) is 16.2 Å². The van der Waals surface area contributed by atoms with Crippen LogP contribution in [0.2, 0.25) is 5.02 Å². The number of thiocarbonyl (C=S) groups is 1. The summed E-state index contributed by atoms with van der Waals surface area (Å²) in [7, 11) is 1.51. The molecule has 1 fully saturated rings. The predicted molar refractivity (Wildman–Crippen MR) is 128 cm³/mol. The quantitative estimate of drug-likeness (QED) is 0.250. The molecular weight excluding hydrogens is 539 g/mol. The minimum atomic E-state index is -0.532. The van der Waals surface area contributed by atoms with E-state index in [-0.39, 0.29) is 17.3 Å². The Morgan fingerprint density at radius 2 is 1.97 bits per heavy atom. The highest BCUT2D eigenvalue weighted by Crippen LogP contribution is 2.36. The fourth-order valence-corrected chi connectivity index (χ4v) is 3.90. The number of carbonyl (C=O) groups excluding carboxylic acids is 2. The number of nitrogens with one attached hydrogen (secondary N) is 1. The van der Waals surface area contributed by atoms with Crippen molar-refractivity contribution in [3.05, 3.63) is 61.7 Å². The van der Waals surface area contributed by atoms with Crippen LogP contribution in [0.4, 0.5) is 0 Å². The maximum absolute atomic E-state index is 12.4. The fourth-order valence-electron chi connectivity index (χ4n) is 2.75. The molecule has 30 heavy (non-hydrogen) atoms. The Balaban J connectivity index is 1.93. The predicted octanol–water partition coefficient (Wildman–Crippen LogP) is 4.18. The van der Waals surface area contributed by atoms with Gasteiger partial charge in [0.25, 0.3) is 11.8 Å². The Labute approximate surface area is 198 Å². The van der Waals surface area contributed by atoms with E-state index < -0.39 is 11.8 Å². The molecule has 0 unspecified atom stereocenters. The van der Waals surface area contributed by atoms with Gasteiger partial charge in [-0.1, -0.05) is 29.8 Å². The molecule has 1 aliphatic heterocycles. The minimum absolute atomic E-state index is 0.00548. The number of likely N-dealkylation sites (N-methyl/N-ethyl adjacent to an activating group) is 1. The Morgan fingerprint density at radius 3 is 2.67 bits per heavy atom. The van der Waals surface area contributed by atoms with Crippen LogP contribution in [0.5, 0.6) is 11.5 Å². The number of hydrogen-bond donors (Lipinski definition) is 1. The van der Waals surface area contributed by atoms with Crippen molar-refractivity contribution in [3.63, 3.8) is 0 Å². The lowest BCUT2D eigenvalue weighted by Crippen LogP contribution is -2.52. The van der Waals surface area contributed by atoms with Gasteiger partial charge in [0.05, 0.1) is 10.2 Å². The van der Waals surface area contributed by atoms with Crippen molar-refractivity contribution >= 4 is 69.4 Å². The Kier molecular flexibility index (Phi) is 7.32. The van der Waals surface area contributed by atoms with Crippen molar-refractivity contribution in [2.45, 2.75) is 13.5 Å². The van der Waals surface area contributed by atoms with Gasteiger partial charge in [-0.05, 0) is 71.6 Å². The number of amides is 2. The van der Waals surface area contributed by atoms with Gasteiger partial charge in [0.1, 0.15) is 12.2 Å². The lowest BCUT2D eigenvalue weighted by molar-refractivity contribution is -0.128. The van der Waals surface area contributed by atoms with Gasteiger partial charge in [-0.2, -0.15) is 0 Å². The van der Waals surface area contributed by atoms with E-state index in [0.29, 0.717) is 28.7 Å². The smallest absolute Gasteiger partial charge is 0.265 e. The molecule has 0 saturated carbocycles. The molecule has 1 N–H and O–H groups in total. The molecule has 2 aromatic rings. The summed E-state index contributed by atoms with van der Waals surface area (Å²) in [4.78, 5) is 25.9. The van der Waals surface area contributed by atoms with Crippen molar-refractivity contribution < 1.29 is 19.1 Å². The van der Waals surface area contributed by atoms with Crippen LogP contribution in [0.1, 0.15) is 18.1 Å². The van der Waals surface area contributed by atoms with Crippen LogP contribution < -0.4 is 14.8 Å². The molecule has 9 heteroatoms. The third kappa shape index (κ3) is 4.93. The standard InChI is InChI=1S/C21H18ClIN2O4S/c1-3-28-17-10-12(8-14-19(26)24-21(30)25(2)20(14)27)9-16(23)18(17)29-11-13-6-4-5-7-15(13)22/h4-10H,3,11H2,1-2H3,(H,24,26,30)/b14-8+. The number of halogens is 2. The summed E-state index contributed by atoms with van der Waals surface area (Å²) >= 11 is 13.3. The van der Waals surface area contributed by atoms with E-state index >= 15 is 0 Å². The molecule has 2 aromatic carbocycles. The first-order valence-corrected chi connectivity index (χ1v) is 10.9. The number of ether oxygens (including phenoxy) is 2. The van der Waals surface area contributed by atoms with Crippen LogP contribution in [0.15, 0.2) is 42.0 Å². The van der Waals surface area contributed by atoms with Crippen molar-refractivity contribution in [1.82, 2.24) is 10.2 Å². The summed E-state index contributed by atoms with van der Waals surface area (Å²) in [5.41, 5.74) is 1.48. The first-order chi connectivity index (χ1) is 14.3. The lowest BCUT2D eigenvalue weighted by atomic mass is 10.1. The molecule has 1 saturated heterocycles. The van der Waals surface area contributed by atoms with E-state index in [2.05, 4.69) is 27.9 Å². The second-order valence-corrected chi connectivity index (χ2v) is 8.28. The molecule has 6 nitrogen and oxygen atoms in total. The Morgan fingerprint density at radius 1 is 1.23 bits per heavy atom. The molecule has 1 aliphatic rings. The average Bonchev–Trinajstić information content (AvgIpc) is 2.70. The minimum Gasteiger partial charge on any atom is -0.490 e. The molecule has 0 radical (unpaired) electrons. The zero-order chi connectivity index (χ0) is 21.8. The third-order valence-electron chi connectivity index (χ3n) is 4.28. The van der Waals surface area contributed by atoms with Gasteiger partial charge >= 0.3 is 0 Å². The lowest BCUT2D eigenvalue weighted by Gasteiger charge is -2.25. The Bertz CT molecular complexity index is 1060. The highest BCUT2D eigenvalue weighted by Gasteiger charge is 2.30. The highest BCUT2D eigenvalue weighted by molar-refractivity contribution is 14.1. The summed E-state index contributed by atoms with van der Waals surface area (Å²) < 4.78 is 12.5. The number of nitrogens with zero attached hydrogens (tertiary/aromatic N) is 1. The van der Waals surface area contributed by atoms with Crippen LogP contribution >= 0.6 is 46.4 Å². The van der Waals surface area contributed by atoms with Gasteiger partial charge < -0.3 is 9.47 Å². The molecule has 0 atom stereocenters. The molecule has 2 amide bonds. The first kappa shape index (κ1) is 22.5. The zero-order valence-corrected chi connectivity index (χ0v) is 19.9. The maximum atomic E-state index is 12.4. The second kappa shape index (κ2) is 9.76. The normalized spacial score (nSPS) is 15.4. The molecule has 0 bridgehead atoms. The van der Waals surface area contributed by atoms with Crippen molar-refractivity contribution in [2.24, 2.45) is 0 Å². The molecule has 156 valence electrons. The highest BCUT2D eigenvalue weighted by atomic mass is 127. The van der Waals surface area contributed by atoms with Crippen molar-refractivity contribution in [2.75, 3.05) is 13.7 Å². The molecule has 3 rings (SSSR count). The number of rotatable bonds is 6. The van der Waals surface area contributed by atoms with E-state index in [1.807, 2.05) is 31.2 Å². The zero-order valence-electron chi connectivity index (χ0n) is 16.2. The van der Waals surface area contributed by atoms with Crippen LogP contribution in [0, 0.1) is 3.57 Å². The van der Waals surface area contributed by atoms with Crippen LogP contribution in [0.25, 0.3) is 6.08 Å². The number of carbonyl (C=O) groups is 2. The largest absolute Gasteiger partial charge is 0.490 e. The van der Waals surface area contributed by atoms with Gasteiger partial charge in [0.2, 0.25) is 0 Å². The van der Waals surface area contributed by atoms with Gasteiger partial charge in [0.15, 0.2) is 16.6 Å². The van der Waals surface area contributed by atoms with E-state index in [1.54, 1.807) is 12.1 Å². The number of hydrogen-bond acceptors (Lipinski definition) is 5. The van der Waals surface area contributed by atoms with Gasteiger partial charge in [-0.3, -0.25) is 19.8 Å². The maximum Gasteiger partial charge on any atom is 0.265 e. The molecule has 1 heterocycles. The molecule has 0 aromatic heterocycles. The molecule has 0 aliphatic carbocycles. The monoisotopic (exact) mass is 556 g/mol. The van der Waals surface area contributed by atoms with Crippen molar-refractivity contribution in [1.29, 1.82) is 0 Å².